The Hall–Kier alpha value is -0.930. The molecule has 16 heavy (non-hydrogen) atoms. The van der Waals surface area contributed by atoms with Crippen LogP contribution in [0.5, 0.6) is 0 Å². The van der Waals surface area contributed by atoms with Gasteiger partial charge in [-0.2, -0.15) is 0 Å². The van der Waals surface area contributed by atoms with Gasteiger partial charge in [-0.25, -0.2) is 0 Å². The quantitative estimate of drug-likeness (QED) is 0.645. The Bertz CT molecular complexity index is 407. The first-order chi connectivity index (χ1) is 7.59. The number of aliphatic imine (C=N–C) groups is 1. The first kappa shape index (κ1) is 11.6. The fourth-order valence-corrected chi connectivity index (χ4v) is 2.57. The Morgan fingerprint density at radius 2 is 1.94 bits per heavy atom. The lowest BCUT2D eigenvalue weighted by atomic mass is 10.1. The molecule has 3 nitrogen and oxygen atoms in total. The van der Waals surface area contributed by atoms with Crippen molar-refractivity contribution in [1.29, 1.82) is 0 Å². The SMILES string of the molecule is NC(N)=NCC1CC1c1c(Cl)cccc1Cl. The molecule has 2 atom stereocenters. The molecule has 2 unspecified atom stereocenters. The number of hydrogen-bond donors (Lipinski definition) is 2. The third-order valence-corrected chi connectivity index (χ3v) is 3.46. The van der Waals surface area contributed by atoms with E-state index < -0.39 is 0 Å². The van der Waals surface area contributed by atoms with Crippen molar-refractivity contribution >= 4 is 29.2 Å². The molecule has 0 bridgehead atoms. The lowest BCUT2D eigenvalue weighted by molar-refractivity contribution is 0.808. The van der Waals surface area contributed by atoms with E-state index in [1.54, 1.807) is 0 Å². The van der Waals surface area contributed by atoms with Gasteiger partial charge in [0.2, 0.25) is 0 Å². The summed E-state index contributed by atoms with van der Waals surface area (Å²) in [6, 6.07) is 5.57. The van der Waals surface area contributed by atoms with E-state index in [1.165, 1.54) is 0 Å². The number of rotatable bonds is 3. The summed E-state index contributed by atoms with van der Waals surface area (Å²) in [5.41, 5.74) is 11.6. The maximum Gasteiger partial charge on any atom is 0.185 e. The van der Waals surface area contributed by atoms with Crippen molar-refractivity contribution < 1.29 is 0 Å². The second-order valence-corrected chi connectivity index (χ2v) is 4.82. The summed E-state index contributed by atoms with van der Waals surface area (Å²) >= 11 is 12.2. The molecule has 0 amide bonds. The van der Waals surface area contributed by atoms with Crippen LogP contribution in [0, 0.1) is 5.92 Å². The lowest BCUT2D eigenvalue weighted by Crippen LogP contribution is -2.23. The summed E-state index contributed by atoms with van der Waals surface area (Å²) in [7, 11) is 0. The van der Waals surface area contributed by atoms with Crippen LogP contribution in [-0.2, 0) is 0 Å². The molecule has 1 fully saturated rings. The van der Waals surface area contributed by atoms with Gasteiger partial charge in [0.05, 0.1) is 0 Å². The molecule has 86 valence electrons. The van der Waals surface area contributed by atoms with E-state index in [1.807, 2.05) is 18.2 Å². The molecule has 0 spiro atoms. The van der Waals surface area contributed by atoms with Gasteiger partial charge in [0.15, 0.2) is 5.96 Å². The Morgan fingerprint density at radius 3 is 2.50 bits per heavy atom. The summed E-state index contributed by atoms with van der Waals surface area (Å²) in [6.07, 6.45) is 1.04. The van der Waals surface area contributed by atoms with E-state index in [2.05, 4.69) is 4.99 Å². The molecule has 1 saturated carbocycles. The molecule has 1 aromatic rings. The monoisotopic (exact) mass is 257 g/mol. The average molecular weight is 258 g/mol. The topological polar surface area (TPSA) is 64.4 Å². The molecule has 1 aliphatic rings. The highest BCUT2D eigenvalue weighted by Crippen LogP contribution is 2.51. The van der Waals surface area contributed by atoms with Crippen LogP contribution in [0.15, 0.2) is 23.2 Å². The number of guanidine groups is 1. The van der Waals surface area contributed by atoms with Crippen LogP contribution in [0.25, 0.3) is 0 Å². The van der Waals surface area contributed by atoms with Crippen molar-refractivity contribution in [3.8, 4) is 0 Å². The summed E-state index contributed by atoms with van der Waals surface area (Å²) in [5.74, 6) is 0.986. The first-order valence-electron chi connectivity index (χ1n) is 5.09. The third kappa shape index (κ3) is 2.42. The van der Waals surface area contributed by atoms with Gasteiger partial charge in [-0.05, 0) is 36.0 Å². The Morgan fingerprint density at radius 1 is 1.31 bits per heavy atom. The van der Waals surface area contributed by atoms with Crippen LogP contribution in [0.1, 0.15) is 17.9 Å². The summed E-state index contributed by atoms with van der Waals surface area (Å²) < 4.78 is 0. The minimum atomic E-state index is 0.135. The van der Waals surface area contributed by atoms with Crippen LogP contribution in [-0.4, -0.2) is 12.5 Å². The van der Waals surface area contributed by atoms with Gasteiger partial charge in [0.25, 0.3) is 0 Å². The van der Waals surface area contributed by atoms with E-state index in [0.717, 1.165) is 22.0 Å². The Kier molecular flexibility index (Phi) is 3.26. The number of hydrogen-bond acceptors (Lipinski definition) is 1. The van der Waals surface area contributed by atoms with Gasteiger partial charge in [-0.3, -0.25) is 4.99 Å². The fraction of sp³-hybridized carbons (Fsp3) is 0.364. The minimum absolute atomic E-state index is 0.135. The number of nitrogens with zero attached hydrogens (tertiary/aromatic N) is 1. The highest BCUT2D eigenvalue weighted by atomic mass is 35.5. The second kappa shape index (κ2) is 4.52. The van der Waals surface area contributed by atoms with Crippen LogP contribution < -0.4 is 11.5 Å². The molecule has 1 aromatic carbocycles. The van der Waals surface area contributed by atoms with Gasteiger partial charge in [-0.1, -0.05) is 29.3 Å². The largest absolute Gasteiger partial charge is 0.370 e. The number of benzene rings is 1. The van der Waals surface area contributed by atoms with Crippen molar-refractivity contribution in [2.24, 2.45) is 22.4 Å². The van der Waals surface area contributed by atoms with E-state index in [4.69, 9.17) is 34.7 Å². The molecule has 4 N–H and O–H groups in total. The molecule has 1 aliphatic carbocycles. The smallest absolute Gasteiger partial charge is 0.185 e. The van der Waals surface area contributed by atoms with Crippen LogP contribution in [0.4, 0.5) is 0 Å². The molecule has 0 saturated heterocycles. The average Bonchev–Trinajstić information content (AvgIpc) is 2.94. The minimum Gasteiger partial charge on any atom is -0.370 e. The van der Waals surface area contributed by atoms with Crippen molar-refractivity contribution in [3.05, 3.63) is 33.8 Å². The van der Waals surface area contributed by atoms with E-state index in [-0.39, 0.29) is 5.96 Å². The lowest BCUT2D eigenvalue weighted by Gasteiger charge is -2.05. The van der Waals surface area contributed by atoms with Gasteiger partial charge in [0, 0.05) is 16.6 Å². The van der Waals surface area contributed by atoms with Gasteiger partial charge in [0.1, 0.15) is 0 Å². The molecular formula is C11H13Cl2N3. The van der Waals surface area contributed by atoms with Crippen molar-refractivity contribution in [1.82, 2.24) is 0 Å². The predicted octanol–water partition coefficient (Wildman–Crippen LogP) is 2.37. The van der Waals surface area contributed by atoms with Gasteiger partial charge < -0.3 is 11.5 Å². The Balaban J connectivity index is 2.09. The number of halogens is 2. The van der Waals surface area contributed by atoms with E-state index in [9.17, 15) is 0 Å². The maximum atomic E-state index is 6.12. The predicted molar refractivity (Wildman–Crippen MR) is 68.0 cm³/mol. The fourth-order valence-electron chi connectivity index (χ4n) is 1.89. The normalized spacial score (nSPS) is 22.9. The second-order valence-electron chi connectivity index (χ2n) is 4.00. The van der Waals surface area contributed by atoms with E-state index >= 15 is 0 Å². The Labute approximate surface area is 104 Å². The van der Waals surface area contributed by atoms with Crippen LogP contribution in [0.2, 0.25) is 10.0 Å². The zero-order valence-corrected chi connectivity index (χ0v) is 10.2. The highest BCUT2D eigenvalue weighted by molar-refractivity contribution is 6.36. The summed E-state index contributed by atoms with van der Waals surface area (Å²) in [4.78, 5) is 4.01. The standard InChI is InChI=1S/C11H13Cl2N3/c12-8-2-1-3-9(13)10(8)7-4-6(7)5-16-11(14)15/h1-3,6-7H,4-5H2,(H4,14,15,16). The zero-order valence-electron chi connectivity index (χ0n) is 8.66. The zero-order chi connectivity index (χ0) is 11.7. The molecule has 5 heteroatoms. The molecule has 2 rings (SSSR count). The molecule has 0 heterocycles. The van der Waals surface area contributed by atoms with Crippen molar-refractivity contribution in [2.75, 3.05) is 6.54 Å². The third-order valence-electron chi connectivity index (χ3n) is 2.80. The number of nitrogens with two attached hydrogens (primary N) is 2. The molecule has 0 radical (unpaired) electrons. The van der Waals surface area contributed by atoms with Crippen molar-refractivity contribution in [2.45, 2.75) is 12.3 Å². The van der Waals surface area contributed by atoms with E-state index in [0.29, 0.717) is 18.4 Å². The first-order valence-corrected chi connectivity index (χ1v) is 5.84. The molecular weight excluding hydrogens is 245 g/mol. The van der Waals surface area contributed by atoms with Crippen LogP contribution in [0.3, 0.4) is 0 Å². The van der Waals surface area contributed by atoms with Crippen LogP contribution >= 0.6 is 23.2 Å². The van der Waals surface area contributed by atoms with Gasteiger partial charge >= 0.3 is 0 Å². The van der Waals surface area contributed by atoms with Crippen molar-refractivity contribution in [3.63, 3.8) is 0 Å². The summed E-state index contributed by atoms with van der Waals surface area (Å²) in [5, 5.41) is 1.45. The summed E-state index contributed by atoms with van der Waals surface area (Å²) in [6.45, 7) is 0.647. The van der Waals surface area contributed by atoms with Gasteiger partial charge in [-0.15, -0.1) is 0 Å². The maximum absolute atomic E-state index is 6.12. The molecule has 0 aliphatic heterocycles. The highest BCUT2D eigenvalue weighted by Gasteiger charge is 2.40. The molecule has 0 aromatic heterocycles.